The number of aryl methyl sites for hydroxylation is 2. The topological polar surface area (TPSA) is 13.1 Å². The second-order valence-corrected chi connectivity index (χ2v) is 6.18. The first-order valence-electron chi connectivity index (χ1n) is 7.86. The molecule has 0 spiro atoms. The Morgan fingerprint density at radius 3 is 2.73 bits per heavy atom. The Labute approximate surface area is 128 Å². The zero-order chi connectivity index (χ0) is 14.7. The molecular weight excluding hydrogens is 268 g/mol. The summed E-state index contributed by atoms with van der Waals surface area (Å²) in [6, 6.07) is 15.2. The summed E-state index contributed by atoms with van der Waals surface area (Å²) in [6.45, 7) is 2.11. The second kappa shape index (κ2) is 4.23. The van der Waals surface area contributed by atoms with E-state index in [0.717, 1.165) is 24.0 Å². The van der Waals surface area contributed by atoms with Crippen LogP contribution in [0.3, 0.4) is 0 Å². The fourth-order valence-electron chi connectivity index (χ4n) is 3.78. The zero-order valence-electron chi connectivity index (χ0n) is 12.5. The van der Waals surface area contributed by atoms with Gasteiger partial charge in [0.1, 0.15) is 11.2 Å². The smallest absolute Gasteiger partial charge is 0.143 e. The molecular formula is C21H16O. The molecule has 1 heteroatoms. The number of hydrogen-bond acceptors (Lipinski definition) is 1. The number of furan rings is 1. The lowest BCUT2D eigenvalue weighted by Gasteiger charge is -2.15. The molecule has 1 aliphatic rings. The third kappa shape index (κ3) is 1.48. The van der Waals surface area contributed by atoms with E-state index in [1.165, 1.54) is 38.2 Å². The molecule has 0 atom stereocenters. The van der Waals surface area contributed by atoms with Crippen LogP contribution < -0.4 is 0 Å². The zero-order valence-corrected chi connectivity index (χ0v) is 12.5. The minimum Gasteiger partial charge on any atom is -0.455 e. The highest BCUT2D eigenvalue weighted by Crippen LogP contribution is 2.41. The molecule has 0 radical (unpaired) electrons. The van der Waals surface area contributed by atoms with Gasteiger partial charge in [-0.1, -0.05) is 48.6 Å². The lowest BCUT2D eigenvalue weighted by molar-refractivity contribution is 0.672. The predicted octanol–water partition coefficient (Wildman–Crippen LogP) is 6.01. The van der Waals surface area contributed by atoms with Crippen molar-refractivity contribution in [2.45, 2.75) is 19.8 Å². The Morgan fingerprint density at radius 2 is 1.82 bits per heavy atom. The maximum atomic E-state index is 6.28. The summed E-state index contributed by atoms with van der Waals surface area (Å²) in [6.07, 6.45) is 6.80. The maximum absolute atomic E-state index is 6.28. The number of rotatable bonds is 0. The SMILES string of the molecule is Cc1ccc2c(c1)oc1c3ccccc3c3c(c21)C=CCC3. The lowest BCUT2D eigenvalue weighted by atomic mass is 9.88. The summed E-state index contributed by atoms with van der Waals surface area (Å²) in [5.74, 6) is 0. The van der Waals surface area contributed by atoms with Crippen LogP contribution in [0.15, 0.2) is 53.0 Å². The van der Waals surface area contributed by atoms with Gasteiger partial charge in [0.25, 0.3) is 0 Å². The quantitative estimate of drug-likeness (QED) is 0.385. The van der Waals surface area contributed by atoms with E-state index >= 15 is 0 Å². The van der Waals surface area contributed by atoms with Gasteiger partial charge in [-0.3, -0.25) is 0 Å². The number of benzene rings is 3. The van der Waals surface area contributed by atoms with Crippen LogP contribution in [0.5, 0.6) is 0 Å². The Morgan fingerprint density at radius 1 is 0.955 bits per heavy atom. The van der Waals surface area contributed by atoms with E-state index in [1.54, 1.807) is 0 Å². The van der Waals surface area contributed by atoms with Crippen molar-refractivity contribution in [1.29, 1.82) is 0 Å². The van der Waals surface area contributed by atoms with E-state index in [2.05, 4.69) is 61.5 Å². The molecule has 0 amide bonds. The summed E-state index contributed by atoms with van der Waals surface area (Å²) in [5, 5.41) is 5.08. The fraction of sp³-hybridized carbons (Fsp3) is 0.143. The van der Waals surface area contributed by atoms with Crippen molar-refractivity contribution < 1.29 is 4.42 Å². The molecule has 1 heterocycles. The average molecular weight is 284 g/mol. The summed E-state index contributed by atoms with van der Waals surface area (Å²) in [5.41, 5.74) is 6.07. The normalized spacial score (nSPS) is 14.0. The molecule has 1 aliphatic carbocycles. The number of hydrogen-bond donors (Lipinski definition) is 0. The van der Waals surface area contributed by atoms with Crippen LogP contribution in [0.25, 0.3) is 38.8 Å². The van der Waals surface area contributed by atoms with E-state index in [-0.39, 0.29) is 0 Å². The van der Waals surface area contributed by atoms with Gasteiger partial charge in [-0.25, -0.2) is 0 Å². The Kier molecular flexibility index (Phi) is 2.32. The van der Waals surface area contributed by atoms with Crippen molar-refractivity contribution in [3.05, 3.63) is 65.2 Å². The number of allylic oxidation sites excluding steroid dienone is 1. The molecule has 0 fully saturated rings. The van der Waals surface area contributed by atoms with Crippen LogP contribution in [-0.2, 0) is 6.42 Å². The Balaban J connectivity index is 2.12. The van der Waals surface area contributed by atoms with Crippen LogP contribution in [0.1, 0.15) is 23.1 Å². The molecule has 0 saturated heterocycles. The fourth-order valence-corrected chi connectivity index (χ4v) is 3.78. The van der Waals surface area contributed by atoms with Gasteiger partial charge in [0.15, 0.2) is 0 Å². The van der Waals surface area contributed by atoms with Crippen LogP contribution in [0.2, 0.25) is 0 Å². The summed E-state index contributed by atoms with van der Waals surface area (Å²) in [7, 11) is 0. The minimum absolute atomic E-state index is 0.993. The summed E-state index contributed by atoms with van der Waals surface area (Å²) < 4.78 is 6.28. The average Bonchev–Trinajstić information content (AvgIpc) is 2.94. The van der Waals surface area contributed by atoms with Gasteiger partial charge in [0.2, 0.25) is 0 Å². The van der Waals surface area contributed by atoms with Crippen LogP contribution >= 0.6 is 0 Å². The molecule has 5 rings (SSSR count). The van der Waals surface area contributed by atoms with Crippen molar-refractivity contribution in [2.75, 3.05) is 0 Å². The van der Waals surface area contributed by atoms with Gasteiger partial charge in [0.05, 0.1) is 0 Å². The van der Waals surface area contributed by atoms with Crippen molar-refractivity contribution in [3.8, 4) is 0 Å². The number of fused-ring (bicyclic) bond motifs is 8. The molecule has 0 aliphatic heterocycles. The molecule has 3 aromatic carbocycles. The minimum atomic E-state index is 0.993. The molecule has 1 nitrogen and oxygen atoms in total. The van der Waals surface area contributed by atoms with Gasteiger partial charge in [-0.2, -0.15) is 0 Å². The first-order chi connectivity index (χ1) is 10.8. The second-order valence-electron chi connectivity index (χ2n) is 6.18. The van der Waals surface area contributed by atoms with Crippen molar-refractivity contribution in [1.82, 2.24) is 0 Å². The van der Waals surface area contributed by atoms with Crippen molar-refractivity contribution in [3.63, 3.8) is 0 Å². The van der Waals surface area contributed by atoms with E-state index in [1.807, 2.05) is 0 Å². The Bertz CT molecular complexity index is 1080. The van der Waals surface area contributed by atoms with Crippen molar-refractivity contribution in [2.24, 2.45) is 0 Å². The first-order valence-corrected chi connectivity index (χ1v) is 7.86. The molecule has 106 valence electrons. The third-order valence-corrected chi connectivity index (χ3v) is 4.78. The van der Waals surface area contributed by atoms with Gasteiger partial charge < -0.3 is 4.42 Å². The van der Waals surface area contributed by atoms with E-state index < -0.39 is 0 Å². The summed E-state index contributed by atoms with van der Waals surface area (Å²) >= 11 is 0. The summed E-state index contributed by atoms with van der Waals surface area (Å²) in [4.78, 5) is 0. The molecule has 0 N–H and O–H groups in total. The standard InChI is InChI=1S/C21H16O/c1-13-10-11-18-19(12-13)22-21-17-9-5-3-7-15(17)14-6-2-4-8-16(14)20(18)21/h3-5,7-12H,2,6H2,1H3. The largest absolute Gasteiger partial charge is 0.455 e. The highest BCUT2D eigenvalue weighted by Gasteiger charge is 2.19. The molecule has 22 heavy (non-hydrogen) atoms. The van der Waals surface area contributed by atoms with Crippen LogP contribution in [0.4, 0.5) is 0 Å². The van der Waals surface area contributed by atoms with Gasteiger partial charge >= 0.3 is 0 Å². The van der Waals surface area contributed by atoms with Crippen LogP contribution in [-0.4, -0.2) is 0 Å². The van der Waals surface area contributed by atoms with Crippen molar-refractivity contribution >= 4 is 38.8 Å². The predicted molar refractivity (Wildman–Crippen MR) is 93.3 cm³/mol. The van der Waals surface area contributed by atoms with E-state index in [9.17, 15) is 0 Å². The first kappa shape index (κ1) is 12.0. The molecule has 4 aromatic rings. The third-order valence-electron chi connectivity index (χ3n) is 4.78. The maximum Gasteiger partial charge on any atom is 0.143 e. The highest BCUT2D eigenvalue weighted by atomic mass is 16.3. The van der Waals surface area contributed by atoms with E-state index in [0.29, 0.717) is 0 Å². The van der Waals surface area contributed by atoms with Gasteiger partial charge in [-0.15, -0.1) is 0 Å². The molecule has 0 unspecified atom stereocenters. The van der Waals surface area contributed by atoms with Gasteiger partial charge in [0, 0.05) is 16.2 Å². The highest BCUT2D eigenvalue weighted by molar-refractivity contribution is 6.19. The molecule has 1 aromatic heterocycles. The van der Waals surface area contributed by atoms with Crippen LogP contribution in [0, 0.1) is 6.92 Å². The molecule has 0 bridgehead atoms. The lowest BCUT2D eigenvalue weighted by Crippen LogP contribution is -1.96. The monoisotopic (exact) mass is 284 g/mol. The van der Waals surface area contributed by atoms with Gasteiger partial charge in [-0.05, 0) is 47.9 Å². The Hall–Kier alpha value is -2.54. The van der Waals surface area contributed by atoms with E-state index in [4.69, 9.17) is 4.42 Å². The molecule has 0 saturated carbocycles.